The second kappa shape index (κ2) is 5.60. The third-order valence-electron chi connectivity index (χ3n) is 2.22. The topological polar surface area (TPSA) is 51.5 Å². The molecule has 2 aromatic rings. The first-order chi connectivity index (χ1) is 8.69. The molecule has 0 bridgehead atoms. The van der Waals surface area contributed by atoms with Gasteiger partial charge in [-0.2, -0.15) is 0 Å². The van der Waals surface area contributed by atoms with Crippen LogP contribution in [0.15, 0.2) is 40.8 Å². The number of ether oxygens (including phenoxy) is 1. The van der Waals surface area contributed by atoms with Gasteiger partial charge in [-0.1, -0.05) is 0 Å². The van der Waals surface area contributed by atoms with Gasteiger partial charge in [0.05, 0.1) is 6.61 Å². The summed E-state index contributed by atoms with van der Waals surface area (Å²) in [5.41, 5.74) is 0.663. The van der Waals surface area contributed by atoms with Gasteiger partial charge in [-0.05, 0) is 54.9 Å². The Morgan fingerprint density at radius 2 is 2.00 bits per heavy atom. The molecule has 1 aromatic carbocycles. The van der Waals surface area contributed by atoms with Crippen LogP contribution < -0.4 is 10.1 Å². The molecule has 5 heteroatoms. The van der Waals surface area contributed by atoms with Crippen molar-refractivity contribution in [1.29, 1.82) is 0 Å². The number of benzene rings is 1. The number of furan rings is 1. The molecule has 0 aliphatic rings. The highest BCUT2D eigenvalue weighted by molar-refractivity contribution is 6.29. The highest BCUT2D eigenvalue weighted by Crippen LogP contribution is 2.18. The number of amides is 1. The molecule has 2 rings (SSSR count). The molecule has 1 aromatic heterocycles. The van der Waals surface area contributed by atoms with Crippen molar-refractivity contribution in [3.05, 3.63) is 47.4 Å². The molecule has 0 radical (unpaired) electrons. The Kier molecular flexibility index (Phi) is 3.89. The molecule has 0 saturated heterocycles. The van der Waals surface area contributed by atoms with E-state index in [9.17, 15) is 4.79 Å². The Balaban J connectivity index is 2.03. The van der Waals surface area contributed by atoms with Crippen LogP contribution in [0.5, 0.6) is 5.75 Å². The maximum absolute atomic E-state index is 11.7. The second-order valence-corrected chi connectivity index (χ2v) is 3.89. The van der Waals surface area contributed by atoms with Crippen LogP contribution >= 0.6 is 11.6 Å². The molecule has 0 aliphatic heterocycles. The minimum Gasteiger partial charge on any atom is -0.494 e. The van der Waals surface area contributed by atoms with Crippen molar-refractivity contribution in [1.82, 2.24) is 0 Å². The van der Waals surface area contributed by atoms with Gasteiger partial charge in [0.15, 0.2) is 11.0 Å². The average Bonchev–Trinajstić information content (AvgIpc) is 2.79. The molecule has 1 heterocycles. The summed E-state index contributed by atoms with van der Waals surface area (Å²) in [5, 5.41) is 2.88. The predicted octanol–water partition coefficient (Wildman–Crippen LogP) is 3.58. The normalized spacial score (nSPS) is 10.1. The zero-order valence-electron chi connectivity index (χ0n) is 9.77. The van der Waals surface area contributed by atoms with Crippen LogP contribution in [0, 0.1) is 0 Å². The molecule has 0 aliphatic carbocycles. The summed E-state index contributed by atoms with van der Waals surface area (Å²) >= 11 is 5.60. The number of anilines is 1. The van der Waals surface area contributed by atoms with Gasteiger partial charge in [0, 0.05) is 5.69 Å². The van der Waals surface area contributed by atoms with Crippen molar-refractivity contribution in [2.75, 3.05) is 11.9 Å². The lowest BCUT2D eigenvalue weighted by Gasteiger charge is -2.05. The van der Waals surface area contributed by atoms with Crippen LogP contribution in [-0.2, 0) is 0 Å². The molecular weight excluding hydrogens is 254 g/mol. The summed E-state index contributed by atoms with van der Waals surface area (Å²) in [6.07, 6.45) is 0. The van der Waals surface area contributed by atoms with Crippen molar-refractivity contribution in [2.24, 2.45) is 0 Å². The number of rotatable bonds is 4. The Morgan fingerprint density at radius 1 is 1.28 bits per heavy atom. The minimum atomic E-state index is -0.342. The zero-order chi connectivity index (χ0) is 13.0. The molecule has 1 amide bonds. The van der Waals surface area contributed by atoms with E-state index in [1.807, 2.05) is 6.92 Å². The molecule has 4 nitrogen and oxygen atoms in total. The summed E-state index contributed by atoms with van der Waals surface area (Å²) in [5.74, 6) is 0.594. The first-order valence-corrected chi connectivity index (χ1v) is 5.86. The smallest absolute Gasteiger partial charge is 0.291 e. The van der Waals surface area contributed by atoms with Gasteiger partial charge in [-0.3, -0.25) is 4.79 Å². The standard InChI is InChI=1S/C13H12ClNO3/c1-2-17-10-5-3-9(4-6-10)15-13(16)11-7-8-12(14)18-11/h3-8H,2H2,1H3,(H,15,16). The van der Waals surface area contributed by atoms with Crippen LogP contribution in [0.4, 0.5) is 5.69 Å². The molecule has 1 N–H and O–H groups in total. The van der Waals surface area contributed by atoms with Gasteiger partial charge >= 0.3 is 0 Å². The molecule has 0 saturated carbocycles. The lowest BCUT2D eigenvalue weighted by atomic mass is 10.3. The number of hydrogen-bond acceptors (Lipinski definition) is 3. The van der Waals surface area contributed by atoms with E-state index in [1.165, 1.54) is 12.1 Å². The number of carbonyl (C=O) groups excluding carboxylic acids is 1. The van der Waals surface area contributed by atoms with E-state index in [2.05, 4.69) is 5.32 Å². The Labute approximate surface area is 110 Å². The van der Waals surface area contributed by atoms with E-state index in [1.54, 1.807) is 24.3 Å². The van der Waals surface area contributed by atoms with E-state index in [4.69, 9.17) is 20.8 Å². The summed E-state index contributed by atoms with van der Waals surface area (Å²) in [7, 11) is 0. The average molecular weight is 266 g/mol. The van der Waals surface area contributed by atoms with Crippen LogP contribution in [0.3, 0.4) is 0 Å². The largest absolute Gasteiger partial charge is 0.494 e. The van der Waals surface area contributed by atoms with Gasteiger partial charge in [-0.15, -0.1) is 0 Å². The quantitative estimate of drug-likeness (QED) is 0.919. The van der Waals surface area contributed by atoms with Crippen molar-refractivity contribution < 1.29 is 13.9 Å². The number of carbonyl (C=O) groups is 1. The Hall–Kier alpha value is -1.94. The van der Waals surface area contributed by atoms with Gasteiger partial charge in [0.1, 0.15) is 5.75 Å². The van der Waals surface area contributed by atoms with Crippen LogP contribution in [0.1, 0.15) is 17.5 Å². The highest BCUT2D eigenvalue weighted by Gasteiger charge is 2.10. The van der Waals surface area contributed by atoms with Crippen LogP contribution in [-0.4, -0.2) is 12.5 Å². The van der Waals surface area contributed by atoms with E-state index in [-0.39, 0.29) is 16.9 Å². The zero-order valence-corrected chi connectivity index (χ0v) is 10.5. The summed E-state index contributed by atoms with van der Waals surface area (Å²) in [6, 6.07) is 10.1. The first-order valence-electron chi connectivity index (χ1n) is 5.48. The molecule has 0 atom stereocenters. The minimum absolute atomic E-state index is 0.175. The molecule has 18 heavy (non-hydrogen) atoms. The van der Waals surface area contributed by atoms with Gasteiger partial charge in [0.25, 0.3) is 5.91 Å². The van der Waals surface area contributed by atoms with Crippen LogP contribution in [0.25, 0.3) is 0 Å². The Bertz CT molecular complexity index is 533. The maximum Gasteiger partial charge on any atom is 0.291 e. The number of halogens is 1. The fourth-order valence-electron chi connectivity index (χ4n) is 1.43. The van der Waals surface area contributed by atoms with Crippen molar-refractivity contribution in [2.45, 2.75) is 6.92 Å². The van der Waals surface area contributed by atoms with Crippen LogP contribution in [0.2, 0.25) is 5.22 Å². The summed E-state index contributed by atoms with van der Waals surface area (Å²) < 4.78 is 10.3. The molecule has 94 valence electrons. The van der Waals surface area contributed by atoms with Crippen molar-refractivity contribution in [3.8, 4) is 5.75 Å². The van der Waals surface area contributed by atoms with Gasteiger partial charge < -0.3 is 14.5 Å². The van der Waals surface area contributed by atoms with E-state index < -0.39 is 0 Å². The molecule has 0 unspecified atom stereocenters. The lowest BCUT2D eigenvalue weighted by Crippen LogP contribution is -2.10. The third-order valence-corrected chi connectivity index (χ3v) is 2.42. The second-order valence-electron chi connectivity index (χ2n) is 3.52. The summed E-state index contributed by atoms with van der Waals surface area (Å²) in [4.78, 5) is 11.7. The predicted molar refractivity (Wildman–Crippen MR) is 69.3 cm³/mol. The van der Waals surface area contributed by atoms with Gasteiger partial charge in [0.2, 0.25) is 0 Å². The monoisotopic (exact) mass is 265 g/mol. The van der Waals surface area contributed by atoms with E-state index in [0.29, 0.717) is 12.3 Å². The maximum atomic E-state index is 11.7. The van der Waals surface area contributed by atoms with Gasteiger partial charge in [-0.25, -0.2) is 0 Å². The third kappa shape index (κ3) is 3.05. The molecule has 0 fully saturated rings. The van der Waals surface area contributed by atoms with E-state index >= 15 is 0 Å². The Morgan fingerprint density at radius 3 is 2.56 bits per heavy atom. The lowest BCUT2D eigenvalue weighted by molar-refractivity contribution is 0.0997. The van der Waals surface area contributed by atoms with Crippen molar-refractivity contribution >= 4 is 23.2 Å². The van der Waals surface area contributed by atoms with Crippen molar-refractivity contribution in [3.63, 3.8) is 0 Å². The number of nitrogens with one attached hydrogen (secondary N) is 1. The highest BCUT2D eigenvalue weighted by atomic mass is 35.5. The van der Waals surface area contributed by atoms with E-state index in [0.717, 1.165) is 5.75 Å². The fraction of sp³-hybridized carbons (Fsp3) is 0.154. The molecule has 0 spiro atoms. The molecular formula is C13H12ClNO3. The number of hydrogen-bond donors (Lipinski definition) is 1. The SMILES string of the molecule is CCOc1ccc(NC(=O)c2ccc(Cl)o2)cc1. The summed E-state index contributed by atoms with van der Waals surface area (Å²) in [6.45, 7) is 2.52. The first kappa shape index (κ1) is 12.5. The fourth-order valence-corrected chi connectivity index (χ4v) is 1.58.